The highest BCUT2D eigenvalue weighted by molar-refractivity contribution is 5.82. The van der Waals surface area contributed by atoms with Crippen molar-refractivity contribution in [3.63, 3.8) is 0 Å². The molecule has 1 aromatic carbocycles. The molecule has 0 aliphatic rings. The van der Waals surface area contributed by atoms with Crippen LogP contribution in [-0.4, -0.2) is 28.8 Å². The molecule has 0 heterocycles. The highest BCUT2D eigenvalue weighted by atomic mass is 16.6. The highest BCUT2D eigenvalue weighted by Crippen LogP contribution is 2.27. The maximum Gasteiger partial charge on any atom is 0.408 e. The second-order valence-electron chi connectivity index (χ2n) is 6.51. The summed E-state index contributed by atoms with van der Waals surface area (Å²) in [6, 6.07) is 8.12. The van der Waals surface area contributed by atoms with Gasteiger partial charge in [0.05, 0.1) is 0 Å². The molecule has 0 saturated heterocycles. The molecule has 1 rings (SSSR count). The molecule has 116 valence electrons. The number of rotatable bonds is 4. The fraction of sp³-hybridized carbons (Fsp3) is 0.500. The number of benzene rings is 1. The first-order valence-electron chi connectivity index (χ1n) is 6.82. The van der Waals surface area contributed by atoms with Gasteiger partial charge in [-0.15, -0.1) is 0 Å². The lowest BCUT2D eigenvalue weighted by Gasteiger charge is -2.33. The molecular formula is C16H23NO4. The van der Waals surface area contributed by atoms with Crippen molar-refractivity contribution in [1.82, 2.24) is 5.32 Å². The minimum Gasteiger partial charge on any atom is -0.480 e. The van der Waals surface area contributed by atoms with Gasteiger partial charge in [0.15, 0.2) is 0 Å². The van der Waals surface area contributed by atoms with Gasteiger partial charge in [-0.3, -0.25) is 0 Å². The largest absolute Gasteiger partial charge is 0.480 e. The standard InChI is InChI=1S/C16H23NO4/c1-15(2,3)21-14(20)17-12(13(18)19)16(4,5)11-9-7-6-8-10-11/h6-10,12H,1-5H3,(H,17,20)(H,18,19). The van der Waals surface area contributed by atoms with Gasteiger partial charge >= 0.3 is 12.1 Å². The van der Waals surface area contributed by atoms with E-state index in [9.17, 15) is 14.7 Å². The van der Waals surface area contributed by atoms with E-state index in [1.165, 1.54) is 0 Å². The molecule has 1 unspecified atom stereocenters. The zero-order chi connectivity index (χ0) is 16.3. The van der Waals surface area contributed by atoms with Gasteiger partial charge in [-0.25, -0.2) is 9.59 Å². The van der Waals surface area contributed by atoms with Gasteiger partial charge in [0, 0.05) is 5.41 Å². The van der Waals surface area contributed by atoms with Crippen LogP contribution in [0.3, 0.4) is 0 Å². The van der Waals surface area contributed by atoms with Crippen LogP contribution >= 0.6 is 0 Å². The van der Waals surface area contributed by atoms with Gasteiger partial charge in [0.25, 0.3) is 0 Å². The number of alkyl carbamates (subject to hydrolysis) is 1. The van der Waals surface area contributed by atoms with E-state index >= 15 is 0 Å². The van der Waals surface area contributed by atoms with Gasteiger partial charge in [-0.05, 0) is 26.3 Å². The number of carboxylic acids is 1. The molecule has 0 saturated carbocycles. The summed E-state index contributed by atoms with van der Waals surface area (Å²) in [7, 11) is 0. The molecule has 2 N–H and O–H groups in total. The Bertz CT molecular complexity index is 503. The third-order valence-corrected chi connectivity index (χ3v) is 3.15. The Kier molecular flexibility index (Phi) is 4.99. The number of ether oxygens (including phenoxy) is 1. The van der Waals surface area contributed by atoms with Crippen LogP contribution in [0.15, 0.2) is 30.3 Å². The number of hydrogen-bond acceptors (Lipinski definition) is 3. The topological polar surface area (TPSA) is 75.6 Å². The predicted octanol–water partition coefficient (Wildman–Crippen LogP) is 2.94. The quantitative estimate of drug-likeness (QED) is 0.895. The van der Waals surface area contributed by atoms with Gasteiger partial charge in [0.1, 0.15) is 11.6 Å². The molecule has 21 heavy (non-hydrogen) atoms. The Hall–Kier alpha value is -2.04. The minimum absolute atomic E-state index is 0.677. The third kappa shape index (κ3) is 4.77. The van der Waals surface area contributed by atoms with E-state index in [1.807, 2.05) is 30.3 Å². The van der Waals surface area contributed by atoms with Crippen LogP contribution in [-0.2, 0) is 14.9 Å². The summed E-state index contributed by atoms with van der Waals surface area (Å²) < 4.78 is 5.14. The smallest absolute Gasteiger partial charge is 0.408 e. The van der Waals surface area contributed by atoms with Gasteiger partial charge in [0.2, 0.25) is 0 Å². The normalized spacial score (nSPS) is 13.4. The maximum absolute atomic E-state index is 11.9. The number of hydrogen-bond donors (Lipinski definition) is 2. The SMILES string of the molecule is CC(C)(C)OC(=O)NC(C(=O)O)C(C)(C)c1ccccc1. The first-order chi connectivity index (χ1) is 9.54. The molecule has 5 nitrogen and oxygen atoms in total. The first kappa shape index (κ1) is 17.0. The molecule has 1 atom stereocenters. The van der Waals surface area contributed by atoms with Crippen molar-refractivity contribution < 1.29 is 19.4 Å². The summed E-state index contributed by atoms with van der Waals surface area (Å²) in [6.07, 6.45) is -0.737. The summed E-state index contributed by atoms with van der Waals surface area (Å²) in [5, 5.41) is 11.9. The number of carbonyl (C=O) groups excluding carboxylic acids is 1. The molecule has 1 amide bonds. The Balaban J connectivity index is 2.97. The average molecular weight is 293 g/mol. The molecule has 0 radical (unpaired) electrons. The maximum atomic E-state index is 11.9. The zero-order valence-corrected chi connectivity index (χ0v) is 13.1. The van der Waals surface area contributed by atoms with Crippen molar-refractivity contribution in [2.45, 2.75) is 51.7 Å². The Labute approximate surface area is 125 Å². The summed E-state index contributed by atoms with van der Waals surface area (Å²) in [5.74, 6) is -1.10. The molecule has 1 aromatic rings. The van der Waals surface area contributed by atoms with Gasteiger partial charge in [-0.2, -0.15) is 0 Å². The fourth-order valence-corrected chi connectivity index (χ4v) is 2.01. The molecule has 0 fully saturated rings. The van der Waals surface area contributed by atoms with Crippen LogP contribution in [0.5, 0.6) is 0 Å². The summed E-state index contributed by atoms with van der Waals surface area (Å²) in [6.45, 7) is 8.73. The van der Waals surface area contributed by atoms with Crippen molar-refractivity contribution in [2.24, 2.45) is 0 Å². The summed E-state index contributed by atoms with van der Waals surface area (Å²) >= 11 is 0. The first-order valence-corrected chi connectivity index (χ1v) is 6.82. The van der Waals surface area contributed by atoms with E-state index in [2.05, 4.69) is 5.32 Å². The minimum atomic E-state index is -1.10. The number of carbonyl (C=O) groups is 2. The lowest BCUT2D eigenvalue weighted by Crippen LogP contribution is -2.53. The lowest BCUT2D eigenvalue weighted by molar-refractivity contribution is -0.141. The highest BCUT2D eigenvalue weighted by Gasteiger charge is 2.38. The van der Waals surface area contributed by atoms with Crippen LogP contribution in [0.1, 0.15) is 40.2 Å². The summed E-state index contributed by atoms with van der Waals surface area (Å²) in [4.78, 5) is 23.4. The van der Waals surface area contributed by atoms with Crippen molar-refractivity contribution in [2.75, 3.05) is 0 Å². The Morgan fingerprint density at radius 1 is 1.10 bits per heavy atom. The van der Waals surface area contributed by atoms with Crippen molar-refractivity contribution >= 4 is 12.1 Å². The molecule has 0 spiro atoms. The zero-order valence-electron chi connectivity index (χ0n) is 13.1. The van der Waals surface area contributed by atoms with Crippen molar-refractivity contribution in [1.29, 1.82) is 0 Å². The summed E-state index contributed by atoms with van der Waals surface area (Å²) in [5.41, 5.74) is -0.623. The molecule has 0 aliphatic heterocycles. The van der Waals surface area contributed by atoms with Gasteiger partial charge < -0.3 is 15.2 Å². The van der Waals surface area contributed by atoms with Crippen LogP contribution in [0, 0.1) is 0 Å². The lowest BCUT2D eigenvalue weighted by atomic mass is 9.77. The monoisotopic (exact) mass is 293 g/mol. The Morgan fingerprint density at radius 3 is 2.05 bits per heavy atom. The molecule has 0 aliphatic carbocycles. The third-order valence-electron chi connectivity index (χ3n) is 3.15. The predicted molar refractivity (Wildman–Crippen MR) is 80.3 cm³/mol. The fourth-order valence-electron chi connectivity index (χ4n) is 2.01. The molecule has 5 heteroatoms. The van der Waals surface area contributed by atoms with E-state index < -0.39 is 29.1 Å². The number of nitrogens with one attached hydrogen (secondary N) is 1. The van der Waals surface area contributed by atoms with E-state index in [-0.39, 0.29) is 0 Å². The number of carboxylic acid groups (broad SMARTS) is 1. The van der Waals surface area contributed by atoms with Crippen LogP contribution in [0.25, 0.3) is 0 Å². The van der Waals surface area contributed by atoms with E-state index in [0.717, 1.165) is 5.56 Å². The Morgan fingerprint density at radius 2 is 1.62 bits per heavy atom. The van der Waals surface area contributed by atoms with E-state index in [1.54, 1.807) is 34.6 Å². The van der Waals surface area contributed by atoms with Crippen molar-refractivity contribution in [3.05, 3.63) is 35.9 Å². The molecular weight excluding hydrogens is 270 g/mol. The second-order valence-corrected chi connectivity index (χ2v) is 6.51. The molecule has 0 bridgehead atoms. The number of amides is 1. The second kappa shape index (κ2) is 6.16. The van der Waals surface area contributed by atoms with Crippen molar-refractivity contribution in [3.8, 4) is 0 Å². The molecule has 0 aromatic heterocycles. The van der Waals surface area contributed by atoms with Crippen LogP contribution in [0.2, 0.25) is 0 Å². The van der Waals surface area contributed by atoms with Crippen LogP contribution < -0.4 is 5.32 Å². The van der Waals surface area contributed by atoms with Crippen LogP contribution in [0.4, 0.5) is 4.79 Å². The van der Waals surface area contributed by atoms with E-state index in [0.29, 0.717) is 0 Å². The van der Waals surface area contributed by atoms with E-state index in [4.69, 9.17) is 4.74 Å². The number of aliphatic carboxylic acids is 1. The van der Waals surface area contributed by atoms with Gasteiger partial charge in [-0.1, -0.05) is 44.2 Å². The average Bonchev–Trinajstić information content (AvgIpc) is 2.34.